The second-order valence-corrected chi connectivity index (χ2v) is 4.44. The minimum atomic E-state index is 0.502. The molecule has 2 N–H and O–H groups in total. The highest BCUT2D eigenvalue weighted by Crippen LogP contribution is 2.24. The molecule has 0 aliphatic rings. The number of hydrogen-bond donors (Lipinski definition) is 1. The van der Waals surface area contributed by atoms with Gasteiger partial charge in [0.05, 0.1) is 12.3 Å². The van der Waals surface area contributed by atoms with Crippen molar-refractivity contribution in [2.75, 3.05) is 25.6 Å². The van der Waals surface area contributed by atoms with Crippen LogP contribution in [0.2, 0.25) is 0 Å². The Bertz CT molecular complexity index is 348. The van der Waals surface area contributed by atoms with Crippen LogP contribution in [-0.2, 0) is 11.3 Å². The van der Waals surface area contributed by atoms with Crippen molar-refractivity contribution < 1.29 is 9.47 Å². The Morgan fingerprint density at radius 3 is 2.65 bits per heavy atom. The summed E-state index contributed by atoms with van der Waals surface area (Å²) in [5, 5.41) is 4.28. The predicted octanol–water partition coefficient (Wildman–Crippen LogP) is 1.85. The van der Waals surface area contributed by atoms with Crippen molar-refractivity contribution >= 4 is 5.69 Å². The highest BCUT2D eigenvalue weighted by molar-refractivity contribution is 5.52. The van der Waals surface area contributed by atoms with Crippen LogP contribution < -0.4 is 10.5 Å². The standard InChI is InChI=1S/C12H23N3O2/c1-5-15-12(11(13)10(4)14-15)17-7-6-16-8-9(2)3/h9H,5-8,13H2,1-4H3. The van der Waals surface area contributed by atoms with E-state index in [0.717, 1.165) is 18.8 Å². The summed E-state index contributed by atoms with van der Waals surface area (Å²) in [6, 6.07) is 0. The van der Waals surface area contributed by atoms with Gasteiger partial charge in [-0.05, 0) is 19.8 Å². The minimum Gasteiger partial charge on any atom is -0.474 e. The molecule has 0 aliphatic heterocycles. The summed E-state index contributed by atoms with van der Waals surface area (Å²) in [6.45, 7) is 10.7. The quantitative estimate of drug-likeness (QED) is 0.740. The van der Waals surface area contributed by atoms with Gasteiger partial charge < -0.3 is 15.2 Å². The number of hydrogen-bond acceptors (Lipinski definition) is 4. The molecule has 98 valence electrons. The molecule has 1 aromatic heterocycles. The molecule has 1 heterocycles. The van der Waals surface area contributed by atoms with Gasteiger partial charge in [0.25, 0.3) is 0 Å². The molecule has 17 heavy (non-hydrogen) atoms. The molecule has 1 rings (SSSR count). The molecule has 0 aromatic carbocycles. The lowest BCUT2D eigenvalue weighted by Gasteiger charge is -2.10. The van der Waals surface area contributed by atoms with Crippen LogP contribution in [0.1, 0.15) is 26.5 Å². The van der Waals surface area contributed by atoms with E-state index in [1.54, 1.807) is 4.68 Å². The Hall–Kier alpha value is -1.23. The minimum absolute atomic E-state index is 0.502. The van der Waals surface area contributed by atoms with E-state index in [4.69, 9.17) is 15.2 Å². The maximum absolute atomic E-state index is 5.89. The Labute approximate surface area is 103 Å². The maximum atomic E-state index is 5.89. The van der Waals surface area contributed by atoms with Gasteiger partial charge in [-0.25, -0.2) is 4.68 Å². The number of ether oxygens (including phenoxy) is 2. The lowest BCUT2D eigenvalue weighted by atomic mass is 10.2. The fourth-order valence-electron chi connectivity index (χ4n) is 1.46. The van der Waals surface area contributed by atoms with Crippen LogP contribution in [0.3, 0.4) is 0 Å². The fourth-order valence-corrected chi connectivity index (χ4v) is 1.46. The van der Waals surface area contributed by atoms with Gasteiger partial charge >= 0.3 is 0 Å². The fraction of sp³-hybridized carbons (Fsp3) is 0.750. The van der Waals surface area contributed by atoms with Crippen molar-refractivity contribution in [1.29, 1.82) is 0 Å². The molecule has 0 radical (unpaired) electrons. The van der Waals surface area contributed by atoms with Crippen LogP contribution in [0.5, 0.6) is 5.88 Å². The van der Waals surface area contributed by atoms with Crippen LogP contribution in [0.15, 0.2) is 0 Å². The largest absolute Gasteiger partial charge is 0.474 e. The number of anilines is 1. The zero-order chi connectivity index (χ0) is 12.8. The van der Waals surface area contributed by atoms with Gasteiger partial charge in [0, 0.05) is 13.2 Å². The number of aryl methyl sites for hydroxylation is 2. The first kappa shape index (κ1) is 13.8. The third-order valence-electron chi connectivity index (χ3n) is 2.34. The summed E-state index contributed by atoms with van der Waals surface area (Å²) in [5.41, 5.74) is 7.32. The van der Waals surface area contributed by atoms with Crippen molar-refractivity contribution in [1.82, 2.24) is 9.78 Å². The van der Waals surface area contributed by atoms with Gasteiger partial charge in [0.1, 0.15) is 12.3 Å². The van der Waals surface area contributed by atoms with Crippen molar-refractivity contribution in [3.8, 4) is 5.88 Å². The van der Waals surface area contributed by atoms with Gasteiger partial charge in [-0.3, -0.25) is 0 Å². The molecule has 5 heteroatoms. The Balaban J connectivity index is 2.41. The third kappa shape index (κ3) is 3.93. The summed E-state index contributed by atoms with van der Waals surface area (Å²) < 4.78 is 12.8. The lowest BCUT2D eigenvalue weighted by Crippen LogP contribution is -2.12. The van der Waals surface area contributed by atoms with E-state index in [0.29, 0.717) is 30.7 Å². The highest BCUT2D eigenvalue weighted by atomic mass is 16.5. The molecule has 0 bridgehead atoms. The van der Waals surface area contributed by atoms with E-state index in [-0.39, 0.29) is 0 Å². The number of nitrogen functional groups attached to an aromatic ring is 1. The smallest absolute Gasteiger partial charge is 0.236 e. The number of nitrogens with two attached hydrogens (primary N) is 1. The first-order chi connectivity index (χ1) is 8.06. The predicted molar refractivity (Wildman–Crippen MR) is 68.2 cm³/mol. The van der Waals surface area contributed by atoms with Gasteiger partial charge in [-0.15, -0.1) is 0 Å². The van der Waals surface area contributed by atoms with Gasteiger partial charge in [0.2, 0.25) is 5.88 Å². The highest BCUT2D eigenvalue weighted by Gasteiger charge is 2.12. The summed E-state index contributed by atoms with van der Waals surface area (Å²) in [5.74, 6) is 1.20. The van der Waals surface area contributed by atoms with E-state index in [9.17, 15) is 0 Å². The molecule has 0 saturated carbocycles. The number of nitrogens with zero attached hydrogens (tertiary/aromatic N) is 2. The Kier molecular flexibility index (Phi) is 5.28. The van der Waals surface area contributed by atoms with Gasteiger partial charge in [-0.1, -0.05) is 13.8 Å². The number of rotatable bonds is 7. The number of aromatic nitrogens is 2. The molecular weight excluding hydrogens is 218 g/mol. The molecule has 5 nitrogen and oxygen atoms in total. The van der Waals surface area contributed by atoms with E-state index in [1.807, 2.05) is 13.8 Å². The second kappa shape index (κ2) is 6.49. The molecule has 0 fully saturated rings. The van der Waals surface area contributed by atoms with Gasteiger partial charge in [0.15, 0.2) is 0 Å². The lowest BCUT2D eigenvalue weighted by molar-refractivity contribution is 0.0793. The van der Waals surface area contributed by atoms with Crippen LogP contribution >= 0.6 is 0 Å². The maximum Gasteiger partial charge on any atom is 0.236 e. The van der Waals surface area contributed by atoms with Crippen LogP contribution in [0, 0.1) is 12.8 Å². The molecule has 0 atom stereocenters. The topological polar surface area (TPSA) is 62.3 Å². The van der Waals surface area contributed by atoms with Crippen molar-refractivity contribution in [2.24, 2.45) is 5.92 Å². The summed E-state index contributed by atoms with van der Waals surface area (Å²) in [4.78, 5) is 0. The molecule has 0 saturated heterocycles. The molecule has 0 amide bonds. The zero-order valence-electron chi connectivity index (χ0n) is 11.2. The first-order valence-corrected chi connectivity index (χ1v) is 6.09. The summed E-state index contributed by atoms with van der Waals surface area (Å²) >= 11 is 0. The molecule has 1 aromatic rings. The van der Waals surface area contributed by atoms with Crippen molar-refractivity contribution in [3.05, 3.63) is 5.69 Å². The monoisotopic (exact) mass is 241 g/mol. The summed E-state index contributed by atoms with van der Waals surface area (Å²) in [7, 11) is 0. The average Bonchev–Trinajstić information content (AvgIpc) is 2.55. The van der Waals surface area contributed by atoms with Crippen LogP contribution in [0.25, 0.3) is 0 Å². The molecule has 0 unspecified atom stereocenters. The SMILES string of the molecule is CCn1nc(C)c(N)c1OCCOCC(C)C. The van der Waals surface area contributed by atoms with E-state index < -0.39 is 0 Å². The molecule has 0 aliphatic carbocycles. The second-order valence-electron chi connectivity index (χ2n) is 4.44. The molecule has 0 spiro atoms. The Morgan fingerprint density at radius 1 is 1.35 bits per heavy atom. The molecular formula is C12H23N3O2. The van der Waals surface area contributed by atoms with E-state index in [2.05, 4.69) is 18.9 Å². The van der Waals surface area contributed by atoms with Crippen molar-refractivity contribution in [2.45, 2.75) is 34.2 Å². The van der Waals surface area contributed by atoms with Crippen LogP contribution in [-0.4, -0.2) is 29.6 Å². The van der Waals surface area contributed by atoms with Gasteiger partial charge in [-0.2, -0.15) is 5.10 Å². The normalized spacial score (nSPS) is 11.1. The zero-order valence-corrected chi connectivity index (χ0v) is 11.2. The first-order valence-electron chi connectivity index (χ1n) is 6.09. The van der Waals surface area contributed by atoms with Crippen LogP contribution in [0.4, 0.5) is 5.69 Å². The average molecular weight is 241 g/mol. The Morgan fingerprint density at radius 2 is 2.06 bits per heavy atom. The third-order valence-corrected chi connectivity index (χ3v) is 2.34. The summed E-state index contributed by atoms with van der Waals surface area (Å²) in [6.07, 6.45) is 0. The van der Waals surface area contributed by atoms with E-state index >= 15 is 0 Å². The van der Waals surface area contributed by atoms with Crippen molar-refractivity contribution in [3.63, 3.8) is 0 Å². The van der Waals surface area contributed by atoms with E-state index in [1.165, 1.54) is 0 Å².